The number of phenolic OH excluding ortho intramolecular Hbond substituents is 2. The Labute approximate surface area is 153 Å². The Morgan fingerprint density at radius 3 is 2.27 bits per heavy atom. The molecule has 1 aliphatic rings. The summed E-state index contributed by atoms with van der Waals surface area (Å²) in [5.74, 6) is 1.62. The molecule has 2 atom stereocenters. The Hall–Kier alpha value is -2.60. The van der Waals surface area contributed by atoms with Crippen molar-refractivity contribution < 1.29 is 29.2 Å². The van der Waals surface area contributed by atoms with Crippen molar-refractivity contribution in [2.24, 2.45) is 0 Å². The summed E-state index contributed by atoms with van der Waals surface area (Å²) in [5, 5.41) is 19.6. The van der Waals surface area contributed by atoms with Gasteiger partial charge in [0.1, 0.15) is 23.4 Å². The average Bonchev–Trinajstić information content (AvgIpc) is 2.68. The van der Waals surface area contributed by atoms with Gasteiger partial charge >= 0.3 is 0 Å². The van der Waals surface area contributed by atoms with Gasteiger partial charge in [0.2, 0.25) is 0 Å². The smallest absolute Gasteiger partial charge is 0.160 e. The topological polar surface area (TPSA) is 77.4 Å². The van der Waals surface area contributed by atoms with E-state index in [9.17, 15) is 10.2 Å². The summed E-state index contributed by atoms with van der Waals surface area (Å²) in [6, 6.07) is 8.16. The van der Waals surface area contributed by atoms with Crippen LogP contribution >= 0.6 is 0 Å². The first-order valence-electron chi connectivity index (χ1n) is 8.53. The number of aromatic hydroxyl groups is 2. The highest BCUT2D eigenvalue weighted by atomic mass is 16.5. The normalized spacial score (nSPS) is 18.0. The number of ether oxygens (including phenoxy) is 4. The van der Waals surface area contributed by atoms with Gasteiger partial charge in [-0.15, -0.1) is 0 Å². The summed E-state index contributed by atoms with van der Waals surface area (Å²) in [6.07, 6.45) is -0.0722. The van der Waals surface area contributed by atoms with E-state index >= 15 is 0 Å². The lowest BCUT2D eigenvalue weighted by atomic mass is 9.93. The van der Waals surface area contributed by atoms with Crippen LogP contribution in [0.4, 0.5) is 0 Å². The predicted molar refractivity (Wildman–Crippen MR) is 98.5 cm³/mol. The van der Waals surface area contributed by atoms with Crippen LogP contribution in [0.15, 0.2) is 30.3 Å². The molecule has 0 unspecified atom stereocenters. The van der Waals surface area contributed by atoms with Crippen molar-refractivity contribution in [2.45, 2.75) is 32.5 Å². The van der Waals surface area contributed by atoms with Crippen molar-refractivity contribution in [1.29, 1.82) is 0 Å². The molecule has 0 aromatic heterocycles. The minimum Gasteiger partial charge on any atom is -0.508 e. The summed E-state index contributed by atoms with van der Waals surface area (Å²) in [5.41, 5.74) is 1.66. The van der Waals surface area contributed by atoms with E-state index in [1.807, 2.05) is 13.8 Å². The molecule has 0 bridgehead atoms. The van der Waals surface area contributed by atoms with Crippen molar-refractivity contribution in [3.8, 4) is 28.7 Å². The first kappa shape index (κ1) is 19.7. The zero-order valence-corrected chi connectivity index (χ0v) is 15.8. The Bertz CT molecular complexity index is 743. The number of hydrogen-bond donors (Lipinski definition) is 2. The molecule has 3 rings (SSSR count). The van der Waals surface area contributed by atoms with Crippen LogP contribution < -0.4 is 14.2 Å². The Balaban J connectivity index is 0.00000117. The van der Waals surface area contributed by atoms with Crippen LogP contribution in [-0.2, 0) is 11.2 Å². The third kappa shape index (κ3) is 3.80. The van der Waals surface area contributed by atoms with Gasteiger partial charge in [-0.3, -0.25) is 0 Å². The zero-order valence-electron chi connectivity index (χ0n) is 15.8. The molecule has 0 aliphatic carbocycles. The van der Waals surface area contributed by atoms with Crippen molar-refractivity contribution in [3.05, 3.63) is 41.5 Å². The zero-order chi connectivity index (χ0) is 19.3. The van der Waals surface area contributed by atoms with E-state index in [0.29, 0.717) is 23.7 Å². The quantitative estimate of drug-likeness (QED) is 0.861. The van der Waals surface area contributed by atoms with Gasteiger partial charge in [-0.25, -0.2) is 0 Å². The molecule has 0 fully saturated rings. The molecular formula is C20H26O6. The largest absolute Gasteiger partial charge is 0.508 e. The number of hydrogen-bond acceptors (Lipinski definition) is 6. The monoisotopic (exact) mass is 362 g/mol. The lowest BCUT2D eigenvalue weighted by Gasteiger charge is -2.34. The lowest BCUT2D eigenvalue weighted by Crippen LogP contribution is -2.32. The van der Waals surface area contributed by atoms with E-state index in [2.05, 4.69) is 0 Å². The first-order chi connectivity index (χ1) is 12.6. The number of benzene rings is 2. The van der Waals surface area contributed by atoms with Gasteiger partial charge in [-0.1, -0.05) is 19.9 Å². The Morgan fingerprint density at radius 1 is 0.962 bits per heavy atom. The lowest BCUT2D eigenvalue weighted by molar-refractivity contribution is -0.0122. The highest BCUT2D eigenvalue weighted by molar-refractivity contribution is 5.52. The summed E-state index contributed by atoms with van der Waals surface area (Å²) >= 11 is 0. The van der Waals surface area contributed by atoms with Crippen LogP contribution in [-0.4, -0.2) is 37.6 Å². The van der Waals surface area contributed by atoms with Gasteiger partial charge in [0, 0.05) is 31.2 Å². The van der Waals surface area contributed by atoms with Gasteiger partial charge in [-0.05, 0) is 17.7 Å². The Kier molecular flexibility index (Phi) is 6.58. The maximum Gasteiger partial charge on any atom is 0.160 e. The fraction of sp³-hybridized carbons (Fsp3) is 0.400. The number of fused-ring (bicyclic) bond motifs is 1. The summed E-state index contributed by atoms with van der Waals surface area (Å²) in [7, 11) is 4.66. The minimum atomic E-state index is -0.400. The van der Waals surface area contributed by atoms with Crippen LogP contribution in [0, 0.1) is 0 Å². The molecule has 0 saturated carbocycles. The van der Waals surface area contributed by atoms with Gasteiger partial charge < -0.3 is 29.2 Å². The maximum absolute atomic E-state index is 9.85. The molecule has 0 amide bonds. The molecule has 6 nitrogen and oxygen atoms in total. The molecular weight excluding hydrogens is 336 g/mol. The van der Waals surface area contributed by atoms with Crippen molar-refractivity contribution >= 4 is 0 Å². The standard InChI is InChI=1S/C18H20O6.C2H6/c1-21-14-7-11(19)8-15-12(14)9-17(23-3)18(24-15)10-4-5-13(20)16(6-10)22-2;1-2/h4-8,17-20H,9H2,1-3H3;1-2H3/t17-,18-;/m1./s1. The molecule has 1 heterocycles. The predicted octanol–water partition coefficient (Wildman–Crippen LogP) is 3.83. The van der Waals surface area contributed by atoms with E-state index in [-0.39, 0.29) is 17.6 Å². The third-order valence-electron chi connectivity index (χ3n) is 4.20. The number of phenols is 2. The van der Waals surface area contributed by atoms with Gasteiger partial charge in [0.05, 0.1) is 14.2 Å². The average molecular weight is 362 g/mol. The maximum atomic E-state index is 9.85. The number of rotatable bonds is 4. The second-order valence-electron chi connectivity index (χ2n) is 5.57. The van der Waals surface area contributed by atoms with E-state index in [0.717, 1.165) is 11.1 Å². The van der Waals surface area contributed by atoms with Gasteiger partial charge in [0.25, 0.3) is 0 Å². The van der Waals surface area contributed by atoms with Crippen molar-refractivity contribution in [1.82, 2.24) is 0 Å². The fourth-order valence-corrected chi connectivity index (χ4v) is 2.98. The SMILES string of the molecule is CC.COc1cc([C@H]2Oc3cc(O)cc(OC)c3C[C@H]2OC)ccc1O. The van der Waals surface area contributed by atoms with E-state index in [1.165, 1.54) is 7.11 Å². The Morgan fingerprint density at radius 2 is 1.65 bits per heavy atom. The van der Waals surface area contributed by atoms with Crippen molar-refractivity contribution in [3.63, 3.8) is 0 Å². The van der Waals surface area contributed by atoms with Gasteiger partial charge in [0.15, 0.2) is 17.6 Å². The molecule has 1 aliphatic heterocycles. The van der Waals surface area contributed by atoms with Crippen LogP contribution in [0.1, 0.15) is 31.1 Å². The molecule has 142 valence electrons. The first-order valence-corrected chi connectivity index (χ1v) is 8.53. The summed E-state index contributed by atoms with van der Waals surface area (Å²) in [6.45, 7) is 4.00. The molecule has 0 saturated heterocycles. The van der Waals surface area contributed by atoms with Gasteiger partial charge in [-0.2, -0.15) is 0 Å². The molecule has 2 N–H and O–H groups in total. The molecule has 0 radical (unpaired) electrons. The van der Waals surface area contributed by atoms with E-state index in [4.69, 9.17) is 18.9 Å². The fourth-order valence-electron chi connectivity index (χ4n) is 2.98. The third-order valence-corrected chi connectivity index (χ3v) is 4.20. The van der Waals surface area contributed by atoms with Crippen LogP contribution in [0.25, 0.3) is 0 Å². The minimum absolute atomic E-state index is 0.0609. The van der Waals surface area contributed by atoms with E-state index in [1.54, 1.807) is 44.6 Å². The second kappa shape index (κ2) is 8.67. The highest BCUT2D eigenvalue weighted by Crippen LogP contribution is 2.43. The summed E-state index contributed by atoms with van der Waals surface area (Å²) in [4.78, 5) is 0. The van der Waals surface area contributed by atoms with Crippen molar-refractivity contribution in [2.75, 3.05) is 21.3 Å². The van der Waals surface area contributed by atoms with Crippen LogP contribution in [0.3, 0.4) is 0 Å². The highest BCUT2D eigenvalue weighted by Gasteiger charge is 2.34. The molecule has 6 heteroatoms. The molecule has 26 heavy (non-hydrogen) atoms. The summed E-state index contributed by atoms with van der Waals surface area (Å²) < 4.78 is 22.2. The number of methoxy groups -OCH3 is 3. The van der Waals surface area contributed by atoms with E-state index < -0.39 is 6.10 Å². The van der Waals surface area contributed by atoms with Crippen LogP contribution in [0.2, 0.25) is 0 Å². The molecule has 2 aromatic rings. The second-order valence-corrected chi connectivity index (χ2v) is 5.57. The molecule has 2 aromatic carbocycles. The van der Waals surface area contributed by atoms with Crippen LogP contribution in [0.5, 0.6) is 28.7 Å². The molecule has 0 spiro atoms.